The number of carbonyl (C=O) groups is 1. The Morgan fingerprint density at radius 1 is 1.34 bits per heavy atom. The van der Waals surface area contributed by atoms with Crippen molar-refractivity contribution in [2.75, 3.05) is 37.7 Å². The molecule has 2 aromatic rings. The largest absolute Gasteiger partial charge is 0.478 e. The maximum Gasteiger partial charge on any atom is 0.246 e. The molecule has 0 unspecified atom stereocenters. The van der Waals surface area contributed by atoms with Crippen molar-refractivity contribution in [3.8, 4) is 5.88 Å². The van der Waals surface area contributed by atoms with Crippen LogP contribution in [-0.2, 0) is 18.4 Å². The molecule has 1 amide bonds. The number of hydrogen-bond donors (Lipinski definition) is 1. The van der Waals surface area contributed by atoms with Crippen molar-refractivity contribution in [1.82, 2.24) is 25.0 Å². The second-order valence-electron chi connectivity index (χ2n) is 6.41. The van der Waals surface area contributed by atoms with Gasteiger partial charge in [-0.3, -0.25) is 9.48 Å². The third-order valence-electron chi connectivity index (χ3n) is 4.39. The van der Waals surface area contributed by atoms with Crippen molar-refractivity contribution in [3.05, 3.63) is 36.3 Å². The third-order valence-corrected chi connectivity index (χ3v) is 4.39. The van der Waals surface area contributed by atoms with E-state index in [2.05, 4.69) is 15.4 Å². The van der Waals surface area contributed by atoms with Gasteiger partial charge in [0.1, 0.15) is 6.54 Å². The average molecular weight is 513 g/mol. The smallest absolute Gasteiger partial charge is 0.246 e. The Hall–Kier alpha value is -2.37. The van der Waals surface area contributed by atoms with E-state index in [1.165, 1.54) is 0 Å². The minimum atomic E-state index is 0. The molecule has 1 saturated heterocycles. The molecule has 10 heteroatoms. The number of halogens is 1. The predicted octanol–water partition coefficient (Wildman–Crippen LogP) is 1.65. The van der Waals surface area contributed by atoms with Gasteiger partial charge in [0.25, 0.3) is 0 Å². The molecule has 9 nitrogen and oxygen atoms in total. The summed E-state index contributed by atoms with van der Waals surface area (Å²) in [7, 11) is 1.84. The molecule has 1 aliphatic heterocycles. The van der Waals surface area contributed by atoms with Gasteiger partial charge in [-0.1, -0.05) is 6.07 Å². The number of guanidine groups is 1. The molecule has 1 N–H and O–H groups in total. The van der Waals surface area contributed by atoms with Gasteiger partial charge in [-0.25, -0.2) is 9.98 Å². The number of aliphatic imine (C=N–C) groups is 1. The summed E-state index contributed by atoms with van der Waals surface area (Å²) in [4.78, 5) is 25.4. The Labute approximate surface area is 188 Å². The zero-order valence-corrected chi connectivity index (χ0v) is 19.4. The Morgan fingerprint density at radius 2 is 2.17 bits per heavy atom. The SMILES string of the molecule is CCNC(=NCc1cccnc1OCC)N1CCN(c2cnn(C)c2)C(=O)C1.I. The first-order chi connectivity index (χ1) is 13.6. The summed E-state index contributed by atoms with van der Waals surface area (Å²) in [5, 5.41) is 7.43. The van der Waals surface area contributed by atoms with E-state index in [1.54, 1.807) is 22.0 Å². The first-order valence-electron chi connectivity index (χ1n) is 9.51. The van der Waals surface area contributed by atoms with Crippen LogP contribution in [0.2, 0.25) is 0 Å². The fourth-order valence-electron chi connectivity index (χ4n) is 3.07. The minimum Gasteiger partial charge on any atom is -0.478 e. The quantitative estimate of drug-likeness (QED) is 0.359. The van der Waals surface area contributed by atoms with Crippen LogP contribution in [0.5, 0.6) is 5.88 Å². The van der Waals surface area contributed by atoms with Crippen molar-refractivity contribution in [2.24, 2.45) is 12.0 Å². The van der Waals surface area contributed by atoms with Crippen molar-refractivity contribution >= 4 is 41.5 Å². The lowest BCUT2D eigenvalue weighted by atomic mass is 10.2. The van der Waals surface area contributed by atoms with E-state index in [9.17, 15) is 4.79 Å². The van der Waals surface area contributed by atoms with Gasteiger partial charge in [0, 0.05) is 44.6 Å². The number of hydrogen-bond acceptors (Lipinski definition) is 5. The van der Waals surface area contributed by atoms with Gasteiger partial charge < -0.3 is 19.9 Å². The summed E-state index contributed by atoms with van der Waals surface area (Å²) in [5.74, 6) is 1.34. The van der Waals surface area contributed by atoms with Gasteiger partial charge in [-0.2, -0.15) is 5.10 Å². The van der Waals surface area contributed by atoms with E-state index in [1.807, 2.05) is 44.1 Å². The van der Waals surface area contributed by atoms with Crippen LogP contribution in [0.15, 0.2) is 35.7 Å². The van der Waals surface area contributed by atoms with Crippen molar-refractivity contribution < 1.29 is 9.53 Å². The molecule has 3 heterocycles. The lowest BCUT2D eigenvalue weighted by molar-refractivity contribution is -0.120. The van der Waals surface area contributed by atoms with Gasteiger partial charge in [0.15, 0.2) is 5.96 Å². The Balaban J connectivity index is 0.00000300. The summed E-state index contributed by atoms with van der Waals surface area (Å²) in [6.45, 7) is 7.20. The minimum absolute atomic E-state index is 0. The Morgan fingerprint density at radius 3 is 2.83 bits per heavy atom. The molecule has 0 spiro atoms. The number of ether oxygens (including phenoxy) is 1. The second-order valence-corrected chi connectivity index (χ2v) is 6.41. The van der Waals surface area contributed by atoms with Crippen molar-refractivity contribution in [2.45, 2.75) is 20.4 Å². The van der Waals surface area contributed by atoms with Crippen molar-refractivity contribution in [3.63, 3.8) is 0 Å². The monoisotopic (exact) mass is 513 g/mol. The molecule has 2 aromatic heterocycles. The third kappa shape index (κ3) is 5.81. The molecule has 1 aliphatic rings. The Bertz CT molecular complexity index is 839. The van der Waals surface area contributed by atoms with E-state index in [0.717, 1.165) is 17.8 Å². The highest BCUT2D eigenvalue weighted by atomic mass is 127. The van der Waals surface area contributed by atoms with Crippen LogP contribution in [0.3, 0.4) is 0 Å². The van der Waals surface area contributed by atoms with Crippen LogP contribution in [-0.4, -0.2) is 64.3 Å². The number of nitrogens with zero attached hydrogens (tertiary/aromatic N) is 6. The predicted molar refractivity (Wildman–Crippen MR) is 123 cm³/mol. The number of anilines is 1. The number of aromatic nitrogens is 3. The lowest BCUT2D eigenvalue weighted by Gasteiger charge is -2.35. The van der Waals surface area contributed by atoms with Crippen LogP contribution in [0.4, 0.5) is 5.69 Å². The summed E-state index contributed by atoms with van der Waals surface area (Å²) in [6, 6.07) is 3.83. The van der Waals surface area contributed by atoms with Crippen LogP contribution in [0.1, 0.15) is 19.4 Å². The van der Waals surface area contributed by atoms with Gasteiger partial charge in [0.05, 0.1) is 25.0 Å². The van der Waals surface area contributed by atoms with Crippen LogP contribution >= 0.6 is 24.0 Å². The van der Waals surface area contributed by atoms with E-state index in [4.69, 9.17) is 9.73 Å². The summed E-state index contributed by atoms with van der Waals surface area (Å²) >= 11 is 0. The molecule has 29 heavy (non-hydrogen) atoms. The zero-order valence-electron chi connectivity index (χ0n) is 17.0. The lowest BCUT2D eigenvalue weighted by Crippen LogP contribution is -2.55. The van der Waals surface area contributed by atoms with Gasteiger partial charge in [-0.15, -0.1) is 24.0 Å². The van der Waals surface area contributed by atoms with Crippen molar-refractivity contribution in [1.29, 1.82) is 0 Å². The average Bonchev–Trinajstić information content (AvgIpc) is 3.12. The van der Waals surface area contributed by atoms with Crippen LogP contribution < -0.4 is 15.0 Å². The van der Waals surface area contributed by atoms with Gasteiger partial charge >= 0.3 is 0 Å². The number of rotatable bonds is 6. The molecular formula is C19H28IN7O2. The number of nitrogens with one attached hydrogen (secondary N) is 1. The Kier molecular flexibility index (Phi) is 8.68. The van der Waals surface area contributed by atoms with E-state index >= 15 is 0 Å². The molecule has 0 radical (unpaired) electrons. The van der Waals surface area contributed by atoms with Crippen LogP contribution in [0, 0.1) is 0 Å². The number of piperazine rings is 1. The standard InChI is InChI=1S/C19H27N7O2.HI/c1-4-20-19(22-11-15-7-6-8-21-18(15)28-5-2)25-9-10-26(17(27)14-25)16-12-23-24(3)13-16;/h6-8,12-13H,4-5,9-11,14H2,1-3H3,(H,20,22);1H. The van der Waals surface area contributed by atoms with E-state index in [0.29, 0.717) is 38.1 Å². The number of carbonyl (C=O) groups excluding carboxylic acids is 1. The topological polar surface area (TPSA) is 87.9 Å². The first-order valence-corrected chi connectivity index (χ1v) is 9.51. The molecule has 158 valence electrons. The molecule has 3 rings (SSSR count). The fraction of sp³-hybridized carbons (Fsp3) is 0.474. The fourth-order valence-corrected chi connectivity index (χ4v) is 3.07. The molecular weight excluding hydrogens is 485 g/mol. The molecule has 0 aliphatic carbocycles. The highest BCUT2D eigenvalue weighted by molar-refractivity contribution is 14.0. The first kappa shape index (κ1) is 22.9. The molecule has 0 saturated carbocycles. The molecule has 0 atom stereocenters. The maximum atomic E-state index is 12.7. The van der Waals surface area contributed by atoms with Crippen LogP contribution in [0.25, 0.3) is 0 Å². The van der Waals surface area contributed by atoms with Gasteiger partial charge in [-0.05, 0) is 19.9 Å². The number of pyridine rings is 1. The summed E-state index contributed by atoms with van der Waals surface area (Å²) in [6.07, 6.45) is 5.27. The summed E-state index contributed by atoms with van der Waals surface area (Å²) < 4.78 is 7.27. The maximum absolute atomic E-state index is 12.7. The highest BCUT2D eigenvalue weighted by Crippen LogP contribution is 2.18. The summed E-state index contributed by atoms with van der Waals surface area (Å²) in [5.41, 5.74) is 1.74. The molecule has 0 aromatic carbocycles. The number of aryl methyl sites for hydroxylation is 1. The van der Waals surface area contributed by atoms with E-state index < -0.39 is 0 Å². The molecule has 0 bridgehead atoms. The number of amides is 1. The van der Waals surface area contributed by atoms with E-state index in [-0.39, 0.29) is 36.4 Å². The highest BCUT2D eigenvalue weighted by Gasteiger charge is 2.27. The second kappa shape index (κ2) is 11.0. The normalized spacial score (nSPS) is 14.6. The zero-order chi connectivity index (χ0) is 19.9. The molecule has 1 fully saturated rings. The van der Waals surface area contributed by atoms with Gasteiger partial charge in [0.2, 0.25) is 11.8 Å².